The summed E-state index contributed by atoms with van der Waals surface area (Å²) in [5.41, 5.74) is 1.04. The first-order valence-corrected chi connectivity index (χ1v) is 7.55. The van der Waals surface area contributed by atoms with Gasteiger partial charge in [-0.1, -0.05) is 26.0 Å². The minimum absolute atomic E-state index is 0.0619. The summed E-state index contributed by atoms with van der Waals surface area (Å²) in [7, 11) is 3.96. The summed E-state index contributed by atoms with van der Waals surface area (Å²) >= 11 is 0. The fourth-order valence-corrected chi connectivity index (χ4v) is 2.36. The molecule has 1 N–H and O–H groups in total. The van der Waals surface area contributed by atoms with Crippen LogP contribution in [-0.2, 0) is 4.79 Å². The number of hydrogen-bond acceptors (Lipinski definition) is 2. The van der Waals surface area contributed by atoms with Crippen LogP contribution in [0, 0.1) is 11.7 Å². The Labute approximate surface area is 127 Å². The van der Waals surface area contributed by atoms with Crippen molar-refractivity contribution in [2.24, 2.45) is 5.92 Å². The van der Waals surface area contributed by atoms with Crippen molar-refractivity contribution < 1.29 is 9.18 Å². The molecule has 0 saturated carbocycles. The minimum atomic E-state index is -0.238. The lowest BCUT2D eigenvalue weighted by atomic mass is 9.87. The number of nitrogens with one attached hydrogen (secondary N) is 1. The van der Waals surface area contributed by atoms with Crippen LogP contribution < -0.4 is 5.32 Å². The van der Waals surface area contributed by atoms with E-state index in [0.29, 0.717) is 18.9 Å². The van der Waals surface area contributed by atoms with E-state index in [-0.39, 0.29) is 17.6 Å². The summed E-state index contributed by atoms with van der Waals surface area (Å²) in [6.45, 7) is 5.77. The molecule has 0 saturated heterocycles. The summed E-state index contributed by atoms with van der Waals surface area (Å²) in [4.78, 5) is 14.1. The Morgan fingerprint density at radius 1 is 1.24 bits per heavy atom. The third-order valence-corrected chi connectivity index (χ3v) is 3.41. The Balaban J connectivity index is 2.61. The van der Waals surface area contributed by atoms with Gasteiger partial charge < -0.3 is 10.2 Å². The lowest BCUT2D eigenvalue weighted by Crippen LogP contribution is -2.32. The molecule has 1 unspecified atom stereocenters. The molecule has 4 heteroatoms. The van der Waals surface area contributed by atoms with E-state index in [0.717, 1.165) is 18.5 Å². The number of carbonyl (C=O) groups excluding carboxylic acids is 1. The molecule has 0 spiro atoms. The molecule has 0 aliphatic heterocycles. The summed E-state index contributed by atoms with van der Waals surface area (Å²) in [5.74, 6) is 0.462. The van der Waals surface area contributed by atoms with Crippen molar-refractivity contribution in [1.82, 2.24) is 10.2 Å². The molecule has 1 rings (SSSR count). The zero-order chi connectivity index (χ0) is 15.8. The van der Waals surface area contributed by atoms with Crippen molar-refractivity contribution in [2.75, 3.05) is 27.2 Å². The first-order valence-electron chi connectivity index (χ1n) is 7.55. The molecule has 0 heterocycles. The van der Waals surface area contributed by atoms with Gasteiger partial charge in [-0.2, -0.15) is 0 Å². The lowest BCUT2D eigenvalue weighted by Gasteiger charge is -2.19. The molecule has 0 fully saturated rings. The monoisotopic (exact) mass is 294 g/mol. The van der Waals surface area contributed by atoms with Crippen LogP contribution in [-0.4, -0.2) is 38.0 Å². The van der Waals surface area contributed by atoms with Crippen molar-refractivity contribution in [1.29, 1.82) is 0 Å². The largest absolute Gasteiger partial charge is 0.355 e. The molecular formula is C17H27FN2O. The van der Waals surface area contributed by atoms with Gasteiger partial charge in [0.1, 0.15) is 5.82 Å². The Kier molecular flexibility index (Phi) is 7.37. The zero-order valence-electron chi connectivity index (χ0n) is 13.5. The van der Waals surface area contributed by atoms with Gasteiger partial charge in [-0.05, 0) is 50.0 Å². The minimum Gasteiger partial charge on any atom is -0.355 e. The second-order valence-electron chi connectivity index (χ2n) is 6.24. The summed E-state index contributed by atoms with van der Waals surface area (Å²) in [6.07, 6.45) is 1.38. The number of nitrogens with zero attached hydrogens (tertiary/aromatic N) is 1. The molecule has 118 valence electrons. The number of amides is 1. The van der Waals surface area contributed by atoms with Crippen LogP contribution in [0.15, 0.2) is 24.3 Å². The van der Waals surface area contributed by atoms with Crippen LogP contribution in [0.4, 0.5) is 4.39 Å². The Hall–Kier alpha value is -1.42. The van der Waals surface area contributed by atoms with Crippen LogP contribution in [0.3, 0.4) is 0 Å². The van der Waals surface area contributed by atoms with Crippen LogP contribution in [0.1, 0.15) is 38.2 Å². The quantitative estimate of drug-likeness (QED) is 0.799. The third kappa shape index (κ3) is 7.23. The molecule has 0 radical (unpaired) electrons. The molecule has 0 aromatic heterocycles. The average molecular weight is 294 g/mol. The maximum absolute atomic E-state index is 13.0. The number of rotatable bonds is 8. The highest BCUT2D eigenvalue weighted by Gasteiger charge is 2.17. The number of likely N-dealkylation sites (N-methyl/N-ethyl adjacent to an activating group) is 1. The molecule has 0 aliphatic carbocycles. The fourth-order valence-electron chi connectivity index (χ4n) is 2.36. The third-order valence-electron chi connectivity index (χ3n) is 3.41. The molecule has 1 aromatic rings. The van der Waals surface area contributed by atoms with Crippen LogP contribution in [0.5, 0.6) is 0 Å². The second-order valence-corrected chi connectivity index (χ2v) is 6.24. The van der Waals surface area contributed by atoms with E-state index in [2.05, 4.69) is 19.2 Å². The highest BCUT2D eigenvalue weighted by molar-refractivity contribution is 5.76. The Morgan fingerprint density at radius 3 is 2.38 bits per heavy atom. The van der Waals surface area contributed by atoms with Crippen molar-refractivity contribution in [3.63, 3.8) is 0 Å². The fraction of sp³-hybridized carbons (Fsp3) is 0.588. The van der Waals surface area contributed by atoms with Gasteiger partial charge in [-0.25, -0.2) is 4.39 Å². The Morgan fingerprint density at radius 2 is 1.86 bits per heavy atom. The van der Waals surface area contributed by atoms with Crippen molar-refractivity contribution in [2.45, 2.75) is 32.6 Å². The molecule has 0 aliphatic rings. The topological polar surface area (TPSA) is 32.3 Å². The number of hydrogen-bond donors (Lipinski definition) is 1. The van der Waals surface area contributed by atoms with Crippen LogP contribution in [0.2, 0.25) is 0 Å². The summed E-state index contributed by atoms with van der Waals surface area (Å²) < 4.78 is 13.0. The predicted molar refractivity (Wildman–Crippen MR) is 84.8 cm³/mol. The van der Waals surface area contributed by atoms with Gasteiger partial charge in [0.15, 0.2) is 0 Å². The van der Waals surface area contributed by atoms with Crippen molar-refractivity contribution in [3.05, 3.63) is 35.6 Å². The Bertz CT molecular complexity index is 429. The summed E-state index contributed by atoms with van der Waals surface area (Å²) in [5, 5.41) is 2.94. The van der Waals surface area contributed by atoms with E-state index in [1.54, 1.807) is 12.1 Å². The second kappa shape index (κ2) is 8.78. The van der Waals surface area contributed by atoms with Crippen LogP contribution >= 0.6 is 0 Å². The highest BCUT2D eigenvalue weighted by atomic mass is 19.1. The molecule has 0 bridgehead atoms. The van der Waals surface area contributed by atoms with Crippen molar-refractivity contribution in [3.8, 4) is 0 Å². The molecule has 3 nitrogen and oxygen atoms in total. The van der Waals surface area contributed by atoms with Crippen LogP contribution in [0.25, 0.3) is 0 Å². The first kappa shape index (κ1) is 17.6. The SMILES string of the molecule is CC(C)CC(CC(=O)NCCN(C)C)c1ccc(F)cc1. The smallest absolute Gasteiger partial charge is 0.220 e. The molecule has 1 amide bonds. The standard InChI is InChI=1S/C17H27FN2O/c1-13(2)11-15(14-5-7-16(18)8-6-14)12-17(21)19-9-10-20(3)4/h5-8,13,15H,9-12H2,1-4H3,(H,19,21). The number of benzene rings is 1. The lowest BCUT2D eigenvalue weighted by molar-refractivity contribution is -0.121. The van der Waals surface area contributed by atoms with E-state index in [9.17, 15) is 9.18 Å². The maximum Gasteiger partial charge on any atom is 0.220 e. The molecule has 1 atom stereocenters. The van der Waals surface area contributed by atoms with Gasteiger partial charge >= 0.3 is 0 Å². The van der Waals surface area contributed by atoms with Gasteiger partial charge in [0.2, 0.25) is 5.91 Å². The van der Waals surface area contributed by atoms with Gasteiger partial charge in [0.05, 0.1) is 0 Å². The van der Waals surface area contributed by atoms with Crippen molar-refractivity contribution >= 4 is 5.91 Å². The maximum atomic E-state index is 13.0. The molecular weight excluding hydrogens is 267 g/mol. The number of halogens is 1. The van der Waals surface area contributed by atoms with Gasteiger partial charge in [-0.3, -0.25) is 4.79 Å². The van der Waals surface area contributed by atoms with E-state index < -0.39 is 0 Å². The van der Waals surface area contributed by atoms with Gasteiger partial charge in [0, 0.05) is 19.5 Å². The van der Waals surface area contributed by atoms with E-state index in [1.165, 1.54) is 12.1 Å². The first-order chi connectivity index (χ1) is 9.88. The highest BCUT2D eigenvalue weighted by Crippen LogP contribution is 2.27. The van der Waals surface area contributed by atoms with E-state index in [1.807, 2.05) is 19.0 Å². The van der Waals surface area contributed by atoms with Gasteiger partial charge in [0.25, 0.3) is 0 Å². The molecule has 1 aromatic carbocycles. The van der Waals surface area contributed by atoms with E-state index in [4.69, 9.17) is 0 Å². The van der Waals surface area contributed by atoms with Gasteiger partial charge in [-0.15, -0.1) is 0 Å². The normalized spacial score (nSPS) is 12.7. The zero-order valence-corrected chi connectivity index (χ0v) is 13.5. The summed E-state index contributed by atoms with van der Waals surface area (Å²) in [6, 6.07) is 6.50. The molecule has 21 heavy (non-hydrogen) atoms. The predicted octanol–water partition coefficient (Wildman–Crippen LogP) is 3.02. The van der Waals surface area contributed by atoms with E-state index >= 15 is 0 Å². The number of carbonyl (C=O) groups is 1. The average Bonchev–Trinajstić information content (AvgIpc) is 2.37.